The highest BCUT2D eigenvalue weighted by Crippen LogP contribution is 2.38. The van der Waals surface area contributed by atoms with E-state index >= 15 is 0 Å². The van der Waals surface area contributed by atoms with E-state index in [0.717, 1.165) is 17.9 Å². The van der Waals surface area contributed by atoms with Crippen molar-refractivity contribution in [3.63, 3.8) is 0 Å². The van der Waals surface area contributed by atoms with Crippen LogP contribution in [0.5, 0.6) is 23.0 Å². The maximum Gasteiger partial charge on any atom is 0.257 e. The van der Waals surface area contributed by atoms with Gasteiger partial charge in [0, 0.05) is 19.0 Å². The molecule has 26 heavy (non-hydrogen) atoms. The molecule has 2 heterocycles. The first-order valence-corrected chi connectivity index (χ1v) is 8.61. The Morgan fingerprint density at radius 3 is 2.77 bits per heavy atom. The number of fused-ring (bicyclic) bond motifs is 1. The SMILES string of the molecule is COc1cccc(C(=O)N2CCC(c3ccc4c(c3)OCO4)C2)c1OC. The van der Waals surface area contributed by atoms with Crippen LogP contribution in [0.4, 0.5) is 0 Å². The summed E-state index contributed by atoms with van der Waals surface area (Å²) in [6, 6.07) is 11.4. The number of methoxy groups -OCH3 is 2. The van der Waals surface area contributed by atoms with E-state index in [4.69, 9.17) is 18.9 Å². The van der Waals surface area contributed by atoms with Crippen molar-refractivity contribution in [2.45, 2.75) is 12.3 Å². The molecule has 136 valence electrons. The van der Waals surface area contributed by atoms with E-state index < -0.39 is 0 Å². The van der Waals surface area contributed by atoms with Gasteiger partial charge < -0.3 is 23.8 Å². The molecule has 2 aromatic rings. The van der Waals surface area contributed by atoms with Gasteiger partial charge in [0.05, 0.1) is 19.8 Å². The Labute approximate surface area is 152 Å². The molecule has 1 atom stereocenters. The van der Waals surface area contributed by atoms with Crippen molar-refractivity contribution in [2.24, 2.45) is 0 Å². The molecule has 1 saturated heterocycles. The topological polar surface area (TPSA) is 57.2 Å². The third kappa shape index (κ3) is 2.81. The minimum atomic E-state index is -0.0380. The second-order valence-corrected chi connectivity index (χ2v) is 6.39. The molecule has 0 bridgehead atoms. The number of amides is 1. The zero-order valence-electron chi connectivity index (χ0n) is 14.9. The molecule has 2 aliphatic heterocycles. The van der Waals surface area contributed by atoms with Crippen LogP contribution in [0.2, 0.25) is 0 Å². The van der Waals surface area contributed by atoms with Crippen molar-refractivity contribution >= 4 is 5.91 Å². The van der Waals surface area contributed by atoms with Crippen molar-refractivity contribution in [1.82, 2.24) is 4.90 Å². The number of ether oxygens (including phenoxy) is 4. The summed E-state index contributed by atoms with van der Waals surface area (Å²) in [6.45, 7) is 1.64. The maximum atomic E-state index is 13.0. The Bertz CT molecular complexity index is 835. The predicted octanol–water partition coefficient (Wildman–Crippen LogP) is 3.06. The predicted molar refractivity (Wildman–Crippen MR) is 95.4 cm³/mol. The average Bonchev–Trinajstić information content (AvgIpc) is 3.35. The minimum Gasteiger partial charge on any atom is -0.493 e. The molecule has 0 saturated carbocycles. The summed E-state index contributed by atoms with van der Waals surface area (Å²) in [5, 5.41) is 0. The van der Waals surface area contributed by atoms with E-state index in [1.54, 1.807) is 32.4 Å². The van der Waals surface area contributed by atoms with Crippen molar-refractivity contribution in [3.8, 4) is 23.0 Å². The molecule has 6 nitrogen and oxygen atoms in total. The summed E-state index contributed by atoms with van der Waals surface area (Å²) >= 11 is 0. The third-order valence-corrected chi connectivity index (χ3v) is 4.98. The van der Waals surface area contributed by atoms with Gasteiger partial charge in [-0.3, -0.25) is 4.79 Å². The highest BCUT2D eigenvalue weighted by Gasteiger charge is 2.31. The monoisotopic (exact) mass is 355 g/mol. The van der Waals surface area contributed by atoms with Crippen LogP contribution < -0.4 is 18.9 Å². The van der Waals surface area contributed by atoms with Crippen molar-refractivity contribution in [2.75, 3.05) is 34.1 Å². The van der Waals surface area contributed by atoms with E-state index in [9.17, 15) is 4.79 Å². The number of benzene rings is 2. The number of para-hydroxylation sites is 1. The quantitative estimate of drug-likeness (QED) is 0.844. The van der Waals surface area contributed by atoms with E-state index in [1.165, 1.54) is 5.56 Å². The van der Waals surface area contributed by atoms with E-state index in [2.05, 4.69) is 6.07 Å². The molecular formula is C20H21NO5. The summed E-state index contributed by atoms with van der Waals surface area (Å²) in [5.41, 5.74) is 1.69. The molecule has 0 aliphatic carbocycles. The van der Waals surface area contributed by atoms with E-state index in [0.29, 0.717) is 30.2 Å². The fourth-order valence-electron chi connectivity index (χ4n) is 3.61. The van der Waals surface area contributed by atoms with E-state index in [1.807, 2.05) is 17.0 Å². The van der Waals surface area contributed by atoms with Crippen LogP contribution in [0.1, 0.15) is 28.3 Å². The lowest BCUT2D eigenvalue weighted by atomic mass is 9.98. The number of nitrogens with zero attached hydrogens (tertiary/aromatic N) is 1. The first-order chi connectivity index (χ1) is 12.7. The van der Waals surface area contributed by atoms with Crippen LogP contribution in [-0.2, 0) is 0 Å². The highest BCUT2D eigenvalue weighted by molar-refractivity contribution is 5.98. The van der Waals surface area contributed by atoms with Crippen LogP contribution in [0.15, 0.2) is 36.4 Å². The van der Waals surface area contributed by atoms with Gasteiger partial charge in [-0.25, -0.2) is 0 Å². The van der Waals surface area contributed by atoms with Crippen molar-refractivity contribution in [1.29, 1.82) is 0 Å². The van der Waals surface area contributed by atoms with Crippen LogP contribution in [0.3, 0.4) is 0 Å². The Hall–Kier alpha value is -2.89. The Morgan fingerprint density at radius 2 is 1.96 bits per heavy atom. The lowest BCUT2D eigenvalue weighted by Gasteiger charge is -2.19. The van der Waals surface area contributed by atoms with E-state index in [-0.39, 0.29) is 18.6 Å². The number of carbonyl (C=O) groups excluding carboxylic acids is 1. The summed E-state index contributed by atoms with van der Waals surface area (Å²) < 4.78 is 21.5. The first-order valence-electron chi connectivity index (χ1n) is 8.61. The molecular weight excluding hydrogens is 334 g/mol. The Morgan fingerprint density at radius 1 is 1.12 bits per heavy atom. The van der Waals surface area contributed by atoms with Gasteiger partial charge in [-0.05, 0) is 36.2 Å². The molecule has 0 N–H and O–H groups in total. The molecule has 1 unspecified atom stereocenters. The fraction of sp³-hybridized carbons (Fsp3) is 0.350. The van der Waals surface area contributed by atoms with Crippen molar-refractivity contribution in [3.05, 3.63) is 47.5 Å². The van der Waals surface area contributed by atoms with Crippen LogP contribution >= 0.6 is 0 Å². The van der Waals surface area contributed by atoms with Gasteiger partial charge in [-0.15, -0.1) is 0 Å². The average molecular weight is 355 g/mol. The normalized spacial score (nSPS) is 18.1. The molecule has 4 rings (SSSR count). The zero-order chi connectivity index (χ0) is 18.1. The summed E-state index contributed by atoms with van der Waals surface area (Å²) in [6.07, 6.45) is 0.914. The minimum absolute atomic E-state index is 0.0380. The van der Waals surface area contributed by atoms with Gasteiger partial charge in [0.25, 0.3) is 5.91 Å². The van der Waals surface area contributed by atoms with Gasteiger partial charge in [-0.1, -0.05) is 12.1 Å². The number of carbonyl (C=O) groups is 1. The molecule has 1 fully saturated rings. The number of hydrogen-bond acceptors (Lipinski definition) is 5. The van der Waals surface area contributed by atoms with Gasteiger partial charge in [-0.2, -0.15) is 0 Å². The van der Waals surface area contributed by atoms with Crippen molar-refractivity contribution < 1.29 is 23.7 Å². The van der Waals surface area contributed by atoms with Gasteiger partial charge in [0.15, 0.2) is 23.0 Å². The lowest BCUT2D eigenvalue weighted by Crippen LogP contribution is -2.28. The van der Waals surface area contributed by atoms with Crippen LogP contribution in [-0.4, -0.2) is 44.9 Å². The van der Waals surface area contributed by atoms with Gasteiger partial charge in [0.2, 0.25) is 6.79 Å². The largest absolute Gasteiger partial charge is 0.493 e. The fourth-order valence-corrected chi connectivity index (χ4v) is 3.61. The molecule has 1 amide bonds. The standard InChI is InChI=1S/C20H21NO5/c1-23-17-5-3-4-15(19(17)24-2)20(22)21-9-8-14(11-21)13-6-7-16-18(10-13)26-12-25-16/h3-7,10,14H,8-9,11-12H2,1-2H3. The number of rotatable bonds is 4. The van der Waals surface area contributed by atoms with Gasteiger partial charge in [0.1, 0.15) is 0 Å². The second kappa shape index (κ2) is 6.78. The molecule has 6 heteroatoms. The molecule has 0 aromatic heterocycles. The Balaban J connectivity index is 1.53. The second-order valence-electron chi connectivity index (χ2n) is 6.39. The summed E-state index contributed by atoms with van der Waals surface area (Å²) in [5.74, 6) is 2.84. The third-order valence-electron chi connectivity index (χ3n) is 4.98. The first kappa shape index (κ1) is 16.6. The van der Waals surface area contributed by atoms with Gasteiger partial charge >= 0.3 is 0 Å². The Kier molecular flexibility index (Phi) is 4.32. The van der Waals surface area contributed by atoms with Crippen LogP contribution in [0.25, 0.3) is 0 Å². The molecule has 0 radical (unpaired) electrons. The molecule has 2 aromatic carbocycles. The number of hydrogen-bond donors (Lipinski definition) is 0. The molecule has 0 spiro atoms. The zero-order valence-corrected chi connectivity index (χ0v) is 14.9. The summed E-state index contributed by atoms with van der Waals surface area (Å²) in [4.78, 5) is 14.9. The molecule has 2 aliphatic rings. The maximum absolute atomic E-state index is 13.0. The summed E-state index contributed by atoms with van der Waals surface area (Å²) in [7, 11) is 3.12. The smallest absolute Gasteiger partial charge is 0.257 e. The highest BCUT2D eigenvalue weighted by atomic mass is 16.7. The van der Waals surface area contributed by atoms with Crippen LogP contribution in [0, 0.1) is 0 Å². The number of likely N-dealkylation sites (tertiary alicyclic amines) is 1. The lowest BCUT2D eigenvalue weighted by molar-refractivity contribution is 0.0786.